The molecule has 0 aliphatic carbocycles. The van der Waals surface area contributed by atoms with Crippen LogP contribution < -0.4 is 11.1 Å². The monoisotopic (exact) mass is 250 g/mol. The molecule has 1 amide bonds. The summed E-state index contributed by atoms with van der Waals surface area (Å²) in [6.45, 7) is 3.46. The summed E-state index contributed by atoms with van der Waals surface area (Å²) < 4.78 is 0. The normalized spacial score (nSPS) is 13.7. The Morgan fingerprint density at radius 3 is 2.28 bits per heavy atom. The largest absolute Gasteiger partial charge is 0.481 e. The van der Waals surface area contributed by atoms with Crippen LogP contribution in [0.2, 0.25) is 0 Å². The van der Waals surface area contributed by atoms with Crippen LogP contribution in [0.25, 0.3) is 0 Å². The number of aliphatic carboxylic acids is 1. The van der Waals surface area contributed by atoms with Gasteiger partial charge in [0.25, 0.3) is 0 Å². The second kappa shape index (κ2) is 6.16. The van der Waals surface area contributed by atoms with Crippen molar-refractivity contribution < 1.29 is 14.7 Å². The van der Waals surface area contributed by atoms with Gasteiger partial charge in [-0.05, 0) is 30.5 Å². The molecule has 1 aromatic rings. The van der Waals surface area contributed by atoms with Gasteiger partial charge >= 0.3 is 5.97 Å². The quantitative estimate of drug-likeness (QED) is 0.739. The van der Waals surface area contributed by atoms with Gasteiger partial charge in [-0.25, -0.2) is 0 Å². The summed E-state index contributed by atoms with van der Waals surface area (Å²) in [4.78, 5) is 22.0. The highest BCUT2D eigenvalue weighted by Gasteiger charge is 2.11. The third kappa shape index (κ3) is 4.18. The lowest BCUT2D eigenvalue weighted by Crippen LogP contribution is -2.32. The number of nitrogens with two attached hydrogens (primary N) is 1. The maximum absolute atomic E-state index is 11.4. The van der Waals surface area contributed by atoms with Gasteiger partial charge in [0.05, 0.1) is 12.5 Å². The molecule has 0 aliphatic heterocycles. The predicted octanol–water partition coefficient (Wildman–Crippen LogP) is 1.55. The van der Waals surface area contributed by atoms with Crippen LogP contribution in [0.5, 0.6) is 0 Å². The first-order chi connectivity index (χ1) is 8.40. The molecule has 0 saturated heterocycles. The van der Waals surface area contributed by atoms with Crippen molar-refractivity contribution in [1.82, 2.24) is 0 Å². The smallest absolute Gasteiger partial charge is 0.303 e. The SMILES string of the molecule is CC(CC(=O)O)c1ccc(NC(=O)[C@H](C)N)cc1. The summed E-state index contributed by atoms with van der Waals surface area (Å²) in [7, 11) is 0. The number of carbonyl (C=O) groups is 2. The third-order valence-corrected chi connectivity index (χ3v) is 2.64. The maximum Gasteiger partial charge on any atom is 0.303 e. The van der Waals surface area contributed by atoms with Crippen LogP contribution in [0.15, 0.2) is 24.3 Å². The standard InChI is InChI=1S/C13H18N2O3/c1-8(7-12(16)17)10-3-5-11(6-4-10)15-13(18)9(2)14/h3-6,8-9H,7,14H2,1-2H3,(H,15,18)(H,16,17)/t8?,9-/m0/s1. The van der Waals surface area contributed by atoms with Crippen molar-refractivity contribution in [2.75, 3.05) is 5.32 Å². The molecule has 0 aliphatic rings. The zero-order valence-electron chi connectivity index (χ0n) is 10.5. The van der Waals surface area contributed by atoms with Crippen LogP contribution in [0.4, 0.5) is 5.69 Å². The van der Waals surface area contributed by atoms with Crippen LogP contribution in [0.1, 0.15) is 31.7 Å². The van der Waals surface area contributed by atoms with Gasteiger partial charge in [-0.15, -0.1) is 0 Å². The Labute approximate surface area is 106 Å². The molecule has 0 bridgehead atoms. The highest BCUT2D eigenvalue weighted by atomic mass is 16.4. The molecule has 5 nitrogen and oxygen atoms in total. The zero-order chi connectivity index (χ0) is 13.7. The fraction of sp³-hybridized carbons (Fsp3) is 0.385. The molecule has 1 aromatic carbocycles. The molecule has 0 spiro atoms. The lowest BCUT2D eigenvalue weighted by molar-refractivity contribution is -0.137. The first-order valence-electron chi connectivity index (χ1n) is 5.78. The number of carboxylic acids is 1. The molecule has 4 N–H and O–H groups in total. The number of hydrogen-bond acceptors (Lipinski definition) is 3. The van der Waals surface area contributed by atoms with Gasteiger partial charge in [-0.3, -0.25) is 9.59 Å². The lowest BCUT2D eigenvalue weighted by atomic mass is 9.98. The van der Waals surface area contributed by atoms with Crippen molar-refractivity contribution in [3.8, 4) is 0 Å². The van der Waals surface area contributed by atoms with E-state index in [4.69, 9.17) is 10.8 Å². The van der Waals surface area contributed by atoms with E-state index in [0.29, 0.717) is 5.69 Å². The fourth-order valence-electron chi connectivity index (χ4n) is 1.53. The molecule has 0 saturated carbocycles. The number of amides is 1. The molecule has 2 atom stereocenters. The number of hydrogen-bond donors (Lipinski definition) is 3. The summed E-state index contributed by atoms with van der Waals surface area (Å²) in [5.41, 5.74) is 7.02. The van der Waals surface area contributed by atoms with E-state index < -0.39 is 12.0 Å². The van der Waals surface area contributed by atoms with E-state index in [2.05, 4.69) is 5.32 Å². The molecule has 0 fully saturated rings. The van der Waals surface area contributed by atoms with Crippen LogP contribution >= 0.6 is 0 Å². The first-order valence-corrected chi connectivity index (χ1v) is 5.78. The molecule has 18 heavy (non-hydrogen) atoms. The fourth-order valence-corrected chi connectivity index (χ4v) is 1.53. The van der Waals surface area contributed by atoms with E-state index >= 15 is 0 Å². The Bertz CT molecular complexity index is 426. The summed E-state index contributed by atoms with van der Waals surface area (Å²) >= 11 is 0. The van der Waals surface area contributed by atoms with Crippen LogP contribution in [0.3, 0.4) is 0 Å². The van der Waals surface area contributed by atoms with E-state index in [1.54, 1.807) is 19.1 Å². The minimum atomic E-state index is -0.822. The number of carbonyl (C=O) groups excluding carboxylic acids is 1. The molecular formula is C13H18N2O3. The van der Waals surface area contributed by atoms with Gasteiger partial charge in [0.2, 0.25) is 5.91 Å². The van der Waals surface area contributed by atoms with E-state index in [9.17, 15) is 9.59 Å². The second-order valence-corrected chi connectivity index (χ2v) is 4.40. The third-order valence-electron chi connectivity index (χ3n) is 2.64. The molecule has 98 valence electrons. The summed E-state index contributed by atoms with van der Waals surface area (Å²) in [6, 6.07) is 6.55. The van der Waals surface area contributed by atoms with Crippen molar-refractivity contribution in [2.24, 2.45) is 5.73 Å². The molecule has 1 rings (SSSR count). The van der Waals surface area contributed by atoms with Crippen molar-refractivity contribution in [1.29, 1.82) is 0 Å². The Hall–Kier alpha value is -1.88. The number of anilines is 1. The lowest BCUT2D eigenvalue weighted by Gasteiger charge is -2.11. The molecule has 0 aromatic heterocycles. The van der Waals surface area contributed by atoms with Crippen molar-refractivity contribution in [3.05, 3.63) is 29.8 Å². The van der Waals surface area contributed by atoms with Gasteiger partial charge < -0.3 is 16.2 Å². The van der Waals surface area contributed by atoms with E-state index in [0.717, 1.165) is 5.56 Å². The molecule has 0 heterocycles. The maximum atomic E-state index is 11.4. The van der Waals surface area contributed by atoms with Crippen LogP contribution in [-0.2, 0) is 9.59 Å². The van der Waals surface area contributed by atoms with Gasteiger partial charge in [0, 0.05) is 5.69 Å². The second-order valence-electron chi connectivity index (χ2n) is 4.40. The van der Waals surface area contributed by atoms with Gasteiger partial charge in [0.15, 0.2) is 0 Å². The molecule has 1 unspecified atom stereocenters. The minimum Gasteiger partial charge on any atom is -0.481 e. The average molecular weight is 250 g/mol. The zero-order valence-corrected chi connectivity index (χ0v) is 10.5. The summed E-state index contributed by atoms with van der Waals surface area (Å²) in [5, 5.41) is 11.4. The Morgan fingerprint density at radius 1 is 1.28 bits per heavy atom. The van der Waals surface area contributed by atoms with Crippen LogP contribution in [0, 0.1) is 0 Å². The van der Waals surface area contributed by atoms with Crippen molar-refractivity contribution in [2.45, 2.75) is 32.2 Å². The van der Waals surface area contributed by atoms with Crippen LogP contribution in [-0.4, -0.2) is 23.0 Å². The Kier molecular flexibility index (Phi) is 4.85. The Morgan fingerprint density at radius 2 is 1.83 bits per heavy atom. The Balaban J connectivity index is 2.68. The molecular weight excluding hydrogens is 232 g/mol. The summed E-state index contributed by atoms with van der Waals surface area (Å²) in [6.07, 6.45) is 0.0888. The highest BCUT2D eigenvalue weighted by Crippen LogP contribution is 2.20. The topological polar surface area (TPSA) is 92.4 Å². The predicted molar refractivity (Wildman–Crippen MR) is 69.4 cm³/mol. The van der Waals surface area contributed by atoms with Gasteiger partial charge in [-0.1, -0.05) is 19.1 Å². The molecule has 0 radical (unpaired) electrons. The summed E-state index contributed by atoms with van der Waals surface area (Å²) in [5.74, 6) is -1.13. The van der Waals surface area contributed by atoms with Crippen molar-refractivity contribution >= 4 is 17.6 Å². The van der Waals surface area contributed by atoms with Gasteiger partial charge in [0.1, 0.15) is 0 Å². The number of carboxylic acid groups (broad SMARTS) is 1. The number of nitrogens with one attached hydrogen (secondary N) is 1. The van der Waals surface area contributed by atoms with E-state index in [1.807, 2.05) is 19.1 Å². The average Bonchev–Trinajstić information content (AvgIpc) is 2.28. The van der Waals surface area contributed by atoms with Gasteiger partial charge in [-0.2, -0.15) is 0 Å². The highest BCUT2D eigenvalue weighted by molar-refractivity contribution is 5.94. The number of rotatable bonds is 5. The van der Waals surface area contributed by atoms with E-state index in [-0.39, 0.29) is 18.2 Å². The van der Waals surface area contributed by atoms with E-state index in [1.165, 1.54) is 0 Å². The number of benzene rings is 1. The minimum absolute atomic E-state index is 0.0549. The first kappa shape index (κ1) is 14.2. The molecule has 5 heteroatoms. The van der Waals surface area contributed by atoms with Crippen molar-refractivity contribution in [3.63, 3.8) is 0 Å².